The van der Waals surface area contributed by atoms with E-state index in [2.05, 4.69) is 11.8 Å². The molecule has 4 nitrogen and oxygen atoms in total. The smallest absolute Gasteiger partial charge is 0.335 e. The second-order valence-corrected chi connectivity index (χ2v) is 5.01. The van der Waals surface area contributed by atoms with Crippen LogP contribution in [-0.4, -0.2) is 25.2 Å². The predicted molar refractivity (Wildman–Crippen MR) is 58.9 cm³/mol. The van der Waals surface area contributed by atoms with Gasteiger partial charge in [0.1, 0.15) is 5.75 Å². The molecule has 0 spiro atoms. The Hall–Kier alpha value is -1.80. The van der Waals surface area contributed by atoms with Gasteiger partial charge in [-0.25, -0.2) is 13.2 Å². The molecule has 0 atom stereocenters. The normalized spacial score (nSPS) is 10.3. The van der Waals surface area contributed by atoms with Crippen LogP contribution in [0.1, 0.15) is 17.3 Å². The van der Waals surface area contributed by atoms with Gasteiger partial charge in [0.05, 0.1) is 10.5 Å². The van der Waals surface area contributed by atoms with Gasteiger partial charge in [0.15, 0.2) is 9.84 Å². The number of aromatic carboxylic acids is 1. The molecule has 0 radical (unpaired) electrons. The topological polar surface area (TPSA) is 71.4 Å². The van der Waals surface area contributed by atoms with Crippen molar-refractivity contribution in [1.82, 2.24) is 0 Å². The van der Waals surface area contributed by atoms with Crippen LogP contribution in [0.4, 0.5) is 0 Å². The molecule has 0 aliphatic heterocycles. The van der Waals surface area contributed by atoms with E-state index in [9.17, 15) is 13.2 Å². The average molecular weight is 238 g/mol. The lowest BCUT2D eigenvalue weighted by Crippen LogP contribution is -2.06. The van der Waals surface area contributed by atoms with Crippen molar-refractivity contribution in [2.75, 3.05) is 5.75 Å². The van der Waals surface area contributed by atoms with Crippen LogP contribution in [0.15, 0.2) is 29.2 Å². The molecule has 0 amide bonds. The third kappa shape index (κ3) is 2.84. The lowest BCUT2D eigenvalue weighted by Gasteiger charge is -2.01. The van der Waals surface area contributed by atoms with Crippen LogP contribution in [-0.2, 0) is 9.84 Å². The SMILES string of the molecule is CC#CCS(=O)(=O)c1cccc(C(=O)O)c1. The number of carboxylic acids is 1. The standard InChI is InChI=1S/C11H10O4S/c1-2-3-7-16(14,15)10-6-4-5-9(8-10)11(12)13/h4-6,8H,7H2,1H3,(H,12,13). The number of hydrogen-bond donors (Lipinski definition) is 1. The molecule has 0 aliphatic carbocycles. The third-order valence-electron chi connectivity index (χ3n) is 1.88. The van der Waals surface area contributed by atoms with E-state index in [1.54, 1.807) is 6.92 Å². The van der Waals surface area contributed by atoms with Gasteiger partial charge in [-0.05, 0) is 25.1 Å². The van der Waals surface area contributed by atoms with Gasteiger partial charge in [-0.2, -0.15) is 0 Å². The highest BCUT2D eigenvalue weighted by Crippen LogP contribution is 2.13. The van der Waals surface area contributed by atoms with E-state index in [-0.39, 0.29) is 16.2 Å². The zero-order valence-electron chi connectivity index (χ0n) is 8.60. The Morgan fingerprint density at radius 2 is 2.12 bits per heavy atom. The lowest BCUT2D eigenvalue weighted by molar-refractivity contribution is 0.0696. The number of benzene rings is 1. The lowest BCUT2D eigenvalue weighted by atomic mass is 10.2. The summed E-state index contributed by atoms with van der Waals surface area (Å²) < 4.78 is 23.3. The first-order chi connectivity index (χ1) is 7.47. The highest BCUT2D eigenvalue weighted by molar-refractivity contribution is 7.91. The number of rotatable bonds is 3. The Bertz CT molecular complexity index is 561. The molecule has 0 saturated heterocycles. The van der Waals surface area contributed by atoms with Crippen molar-refractivity contribution in [2.45, 2.75) is 11.8 Å². The Labute approximate surface area is 93.8 Å². The van der Waals surface area contributed by atoms with Crippen molar-refractivity contribution in [3.8, 4) is 11.8 Å². The summed E-state index contributed by atoms with van der Waals surface area (Å²) in [6, 6.07) is 5.23. The minimum absolute atomic E-state index is 0.0184. The fourth-order valence-corrected chi connectivity index (χ4v) is 2.17. The predicted octanol–water partition coefficient (Wildman–Crippen LogP) is 1.18. The minimum Gasteiger partial charge on any atom is -0.478 e. The minimum atomic E-state index is -3.52. The van der Waals surface area contributed by atoms with Gasteiger partial charge in [0.2, 0.25) is 0 Å². The third-order valence-corrected chi connectivity index (χ3v) is 3.38. The largest absolute Gasteiger partial charge is 0.478 e. The van der Waals surface area contributed by atoms with E-state index in [0.717, 1.165) is 6.07 Å². The molecule has 0 aromatic heterocycles. The van der Waals surface area contributed by atoms with Crippen LogP contribution in [0.3, 0.4) is 0 Å². The Kier molecular flexibility index (Phi) is 3.69. The van der Waals surface area contributed by atoms with Gasteiger partial charge in [0, 0.05) is 0 Å². The summed E-state index contributed by atoms with van der Waals surface area (Å²) >= 11 is 0. The number of carboxylic acid groups (broad SMARTS) is 1. The molecular weight excluding hydrogens is 228 g/mol. The molecule has 5 heteroatoms. The van der Waals surface area contributed by atoms with Crippen LogP contribution in [0.5, 0.6) is 0 Å². The first-order valence-electron chi connectivity index (χ1n) is 4.43. The zero-order valence-corrected chi connectivity index (χ0v) is 9.41. The van der Waals surface area contributed by atoms with Crippen molar-refractivity contribution in [1.29, 1.82) is 0 Å². The van der Waals surface area contributed by atoms with Crippen LogP contribution in [0.2, 0.25) is 0 Å². The maximum Gasteiger partial charge on any atom is 0.335 e. The Morgan fingerprint density at radius 1 is 1.44 bits per heavy atom. The van der Waals surface area contributed by atoms with Gasteiger partial charge >= 0.3 is 5.97 Å². The van der Waals surface area contributed by atoms with Gasteiger partial charge in [0.25, 0.3) is 0 Å². The Balaban J connectivity index is 3.17. The number of sulfone groups is 1. The highest BCUT2D eigenvalue weighted by Gasteiger charge is 2.14. The number of carbonyl (C=O) groups is 1. The van der Waals surface area contributed by atoms with Crippen molar-refractivity contribution < 1.29 is 18.3 Å². The molecular formula is C11H10O4S. The van der Waals surface area contributed by atoms with E-state index < -0.39 is 15.8 Å². The fourth-order valence-electron chi connectivity index (χ4n) is 1.07. The maximum absolute atomic E-state index is 11.7. The molecule has 0 bridgehead atoms. The summed E-state index contributed by atoms with van der Waals surface area (Å²) in [5, 5.41) is 8.73. The second kappa shape index (κ2) is 4.81. The van der Waals surface area contributed by atoms with Gasteiger partial charge < -0.3 is 5.11 Å². The van der Waals surface area contributed by atoms with E-state index in [1.165, 1.54) is 18.2 Å². The van der Waals surface area contributed by atoms with E-state index in [4.69, 9.17) is 5.11 Å². The van der Waals surface area contributed by atoms with Crippen molar-refractivity contribution in [3.05, 3.63) is 29.8 Å². The first-order valence-corrected chi connectivity index (χ1v) is 6.08. The van der Waals surface area contributed by atoms with Crippen molar-refractivity contribution >= 4 is 15.8 Å². The van der Waals surface area contributed by atoms with Gasteiger partial charge in [-0.1, -0.05) is 12.0 Å². The summed E-state index contributed by atoms with van der Waals surface area (Å²) in [6.45, 7) is 1.54. The highest BCUT2D eigenvalue weighted by atomic mass is 32.2. The summed E-state index contributed by atoms with van der Waals surface area (Å²) in [6.07, 6.45) is 0. The number of hydrogen-bond acceptors (Lipinski definition) is 3. The Morgan fingerprint density at radius 3 is 2.69 bits per heavy atom. The van der Waals surface area contributed by atoms with E-state index >= 15 is 0 Å². The zero-order chi connectivity index (χ0) is 12.2. The average Bonchev–Trinajstić information content (AvgIpc) is 2.26. The summed E-state index contributed by atoms with van der Waals surface area (Å²) in [4.78, 5) is 10.7. The molecule has 0 aliphatic rings. The molecule has 0 heterocycles. The van der Waals surface area contributed by atoms with E-state index in [0.29, 0.717) is 0 Å². The quantitative estimate of drug-likeness (QED) is 0.803. The van der Waals surface area contributed by atoms with Crippen LogP contribution in [0, 0.1) is 11.8 Å². The van der Waals surface area contributed by atoms with Gasteiger partial charge in [-0.3, -0.25) is 0 Å². The molecule has 1 aromatic rings. The summed E-state index contributed by atoms with van der Waals surface area (Å²) in [5.74, 6) is 3.48. The van der Waals surface area contributed by atoms with Gasteiger partial charge in [-0.15, -0.1) is 5.92 Å². The molecule has 16 heavy (non-hydrogen) atoms. The second-order valence-electron chi connectivity index (χ2n) is 3.02. The van der Waals surface area contributed by atoms with Crippen molar-refractivity contribution in [3.63, 3.8) is 0 Å². The molecule has 0 saturated carbocycles. The molecule has 1 N–H and O–H groups in total. The molecule has 0 unspecified atom stereocenters. The van der Waals surface area contributed by atoms with Crippen LogP contribution in [0.25, 0.3) is 0 Å². The van der Waals surface area contributed by atoms with Crippen molar-refractivity contribution in [2.24, 2.45) is 0 Å². The fraction of sp³-hybridized carbons (Fsp3) is 0.182. The molecule has 0 fully saturated rings. The monoisotopic (exact) mass is 238 g/mol. The molecule has 84 valence electrons. The maximum atomic E-state index is 11.7. The first kappa shape index (κ1) is 12.3. The van der Waals surface area contributed by atoms with E-state index in [1.807, 2.05) is 0 Å². The van der Waals surface area contributed by atoms with Crippen LogP contribution >= 0.6 is 0 Å². The van der Waals surface area contributed by atoms with Crippen LogP contribution < -0.4 is 0 Å². The summed E-state index contributed by atoms with van der Waals surface area (Å²) in [7, 11) is -3.52. The molecule has 1 rings (SSSR count). The summed E-state index contributed by atoms with van der Waals surface area (Å²) in [5.41, 5.74) is -0.0504. The molecule has 1 aromatic carbocycles.